The summed E-state index contributed by atoms with van der Waals surface area (Å²) in [5, 5.41) is 25.2. The van der Waals surface area contributed by atoms with Crippen LogP contribution in [0.5, 0.6) is 5.75 Å². The average Bonchev–Trinajstić information content (AvgIpc) is 2.48. The minimum Gasteiger partial charge on any atom is -0.478 e. The number of para-hydroxylation sites is 1. The van der Waals surface area contributed by atoms with Crippen molar-refractivity contribution in [2.24, 2.45) is 10.4 Å². The number of carboxylic acid groups (broad SMARTS) is 2. The number of nitrogens with zero attached hydrogens (tertiary/aromatic N) is 2. The highest BCUT2D eigenvalue weighted by molar-refractivity contribution is 5.98. The normalized spacial score (nSPS) is 10.5. The molecule has 0 unspecified atom stereocenters. The van der Waals surface area contributed by atoms with Gasteiger partial charge in [0, 0.05) is 5.28 Å². The van der Waals surface area contributed by atoms with Crippen LogP contribution in [0.3, 0.4) is 0 Å². The topological polar surface area (TPSA) is 109 Å². The molecule has 106 valence electrons. The molecule has 0 aromatic heterocycles. The Morgan fingerprint density at radius 3 is 1.95 bits per heavy atom. The summed E-state index contributed by atoms with van der Waals surface area (Å²) < 4.78 is 0. The van der Waals surface area contributed by atoms with Gasteiger partial charge in [-0.3, -0.25) is 0 Å². The maximum absolute atomic E-state index is 11.1. The van der Waals surface area contributed by atoms with Crippen LogP contribution in [0.4, 0.5) is 5.69 Å². The van der Waals surface area contributed by atoms with Crippen molar-refractivity contribution in [2.75, 3.05) is 0 Å². The molecule has 0 spiro atoms. The van der Waals surface area contributed by atoms with Gasteiger partial charge in [-0.05, 0) is 24.3 Å². The van der Waals surface area contributed by atoms with Crippen molar-refractivity contribution in [3.05, 3.63) is 59.7 Å². The van der Waals surface area contributed by atoms with Crippen LogP contribution in [-0.2, 0) is 0 Å². The zero-order valence-electron chi connectivity index (χ0n) is 10.6. The van der Waals surface area contributed by atoms with Crippen LogP contribution in [0.1, 0.15) is 20.7 Å². The molecule has 0 radical (unpaired) electrons. The minimum atomic E-state index is -1.32. The van der Waals surface area contributed by atoms with Gasteiger partial charge >= 0.3 is 11.9 Å². The van der Waals surface area contributed by atoms with Gasteiger partial charge in [0.05, 0.1) is 5.69 Å². The van der Waals surface area contributed by atoms with Gasteiger partial charge in [-0.2, -0.15) is 0 Å². The van der Waals surface area contributed by atoms with E-state index in [0.717, 1.165) is 0 Å². The third-order valence-electron chi connectivity index (χ3n) is 2.52. The van der Waals surface area contributed by atoms with Crippen molar-refractivity contribution in [2.45, 2.75) is 0 Å². The summed E-state index contributed by atoms with van der Waals surface area (Å²) in [5.74, 6) is -3.00. The molecule has 2 aromatic rings. The van der Waals surface area contributed by atoms with E-state index in [4.69, 9.17) is 15.1 Å². The van der Waals surface area contributed by atoms with Crippen LogP contribution in [0.2, 0.25) is 0 Å². The van der Waals surface area contributed by atoms with Gasteiger partial charge in [-0.15, -0.1) is 5.11 Å². The zero-order valence-corrected chi connectivity index (χ0v) is 10.6. The highest BCUT2D eigenvalue weighted by Crippen LogP contribution is 2.25. The lowest BCUT2D eigenvalue weighted by molar-refractivity contribution is 0.0688. The molecule has 2 aromatic carbocycles. The third-order valence-corrected chi connectivity index (χ3v) is 2.52. The van der Waals surface area contributed by atoms with Gasteiger partial charge in [-0.1, -0.05) is 24.3 Å². The summed E-state index contributed by atoms with van der Waals surface area (Å²) in [6.07, 6.45) is 0. The fourth-order valence-corrected chi connectivity index (χ4v) is 1.58. The second kappa shape index (κ2) is 6.29. The number of rotatable bonds is 5. The molecule has 0 aliphatic rings. The van der Waals surface area contributed by atoms with E-state index in [9.17, 15) is 9.59 Å². The van der Waals surface area contributed by atoms with E-state index in [-0.39, 0.29) is 16.9 Å². The highest BCUT2D eigenvalue weighted by atomic mass is 16.6. The number of carboxylic acids is 2. The van der Waals surface area contributed by atoms with E-state index >= 15 is 0 Å². The smallest absolute Gasteiger partial charge is 0.339 e. The van der Waals surface area contributed by atoms with Gasteiger partial charge in [-0.25, -0.2) is 9.59 Å². The van der Waals surface area contributed by atoms with Crippen molar-refractivity contribution in [1.82, 2.24) is 0 Å². The third kappa shape index (κ3) is 3.41. The van der Waals surface area contributed by atoms with Crippen LogP contribution in [0, 0.1) is 0 Å². The number of benzene rings is 2. The molecular formula is C14H10N2O5. The summed E-state index contributed by atoms with van der Waals surface area (Å²) in [6.45, 7) is 0. The number of hydrogen-bond donors (Lipinski definition) is 2. The molecule has 0 aliphatic heterocycles. The number of hydrogen-bond acceptors (Lipinski definition) is 5. The van der Waals surface area contributed by atoms with Crippen molar-refractivity contribution in [3.8, 4) is 5.75 Å². The first-order valence-electron chi connectivity index (χ1n) is 5.82. The molecule has 0 saturated heterocycles. The quantitative estimate of drug-likeness (QED) is 0.648. The maximum atomic E-state index is 11.1. The van der Waals surface area contributed by atoms with Crippen LogP contribution in [0.25, 0.3) is 0 Å². The summed E-state index contributed by atoms with van der Waals surface area (Å²) >= 11 is 0. The lowest BCUT2D eigenvalue weighted by Gasteiger charge is -2.05. The molecule has 2 N–H and O–H groups in total. The molecule has 7 heteroatoms. The van der Waals surface area contributed by atoms with E-state index in [0.29, 0.717) is 5.69 Å². The molecule has 7 nitrogen and oxygen atoms in total. The highest BCUT2D eigenvalue weighted by Gasteiger charge is 2.20. The summed E-state index contributed by atoms with van der Waals surface area (Å²) in [4.78, 5) is 27.1. The second-order valence-corrected chi connectivity index (χ2v) is 3.90. The van der Waals surface area contributed by atoms with E-state index in [1.54, 1.807) is 30.3 Å². The Balaban J connectivity index is 2.32. The average molecular weight is 286 g/mol. The van der Waals surface area contributed by atoms with Gasteiger partial charge in [0.2, 0.25) is 0 Å². The minimum absolute atomic E-state index is 0.304. The summed E-state index contributed by atoms with van der Waals surface area (Å²) in [6, 6.07) is 12.4. The Morgan fingerprint density at radius 2 is 1.43 bits per heavy atom. The van der Waals surface area contributed by atoms with Gasteiger partial charge in [0.25, 0.3) is 0 Å². The largest absolute Gasteiger partial charge is 0.478 e. The lowest BCUT2D eigenvalue weighted by Crippen LogP contribution is -2.06. The van der Waals surface area contributed by atoms with Crippen molar-refractivity contribution >= 4 is 17.6 Å². The Bertz CT molecular complexity index is 666. The predicted octanol–water partition coefficient (Wildman–Crippen LogP) is 3.16. The van der Waals surface area contributed by atoms with Gasteiger partial charge in [0.15, 0.2) is 5.75 Å². The first kappa shape index (κ1) is 14.2. The van der Waals surface area contributed by atoms with Crippen LogP contribution in [-0.4, -0.2) is 22.2 Å². The van der Waals surface area contributed by atoms with E-state index < -0.39 is 11.9 Å². The van der Waals surface area contributed by atoms with E-state index in [1.807, 2.05) is 0 Å². The molecular weight excluding hydrogens is 276 g/mol. The Kier molecular flexibility index (Phi) is 4.25. The molecule has 0 bridgehead atoms. The lowest BCUT2D eigenvalue weighted by atomic mass is 10.1. The molecule has 2 rings (SSSR count). The Labute approximate surface area is 119 Å². The van der Waals surface area contributed by atoms with Crippen LogP contribution in [0.15, 0.2) is 58.9 Å². The Morgan fingerprint density at radius 1 is 0.857 bits per heavy atom. The summed E-state index contributed by atoms with van der Waals surface area (Å²) in [7, 11) is 0. The number of carbonyl (C=O) groups is 2. The second-order valence-electron chi connectivity index (χ2n) is 3.90. The molecule has 0 heterocycles. The van der Waals surface area contributed by atoms with Crippen LogP contribution < -0.4 is 4.84 Å². The molecule has 0 saturated carbocycles. The molecule has 0 atom stereocenters. The molecule has 0 amide bonds. The first-order chi connectivity index (χ1) is 10.1. The summed E-state index contributed by atoms with van der Waals surface area (Å²) in [5.41, 5.74) is -0.119. The monoisotopic (exact) mass is 286 g/mol. The predicted molar refractivity (Wildman–Crippen MR) is 71.9 cm³/mol. The standard InChI is InChI=1S/C14H10N2O5/c17-13(18)10-7-4-8-11(14(19)20)12(10)21-16-15-9-5-2-1-3-6-9/h1-8H,(H,17,18)(H,19,20). The van der Waals surface area contributed by atoms with Crippen molar-refractivity contribution < 1.29 is 24.6 Å². The van der Waals surface area contributed by atoms with Crippen LogP contribution >= 0.6 is 0 Å². The molecule has 21 heavy (non-hydrogen) atoms. The van der Waals surface area contributed by atoms with E-state index in [2.05, 4.69) is 10.4 Å². The first-order valence-corrected chi connectivity index (χ1v) is 5.82. The maximum Gasteiger partial charge on any atom is 0.339 e. The Hall–Kier alpha value is -3.22. The van der Waals surface area contributed by atoms with E-state index in [1.165, 1.54) is 18.2 Å². The SMILES string of the molecule is O=C(O)c1cccc(C(=O)O)c1ON=Nc1ccccc1. The van der Waals surface area contributed by atoms with Crippen molar-refractivity contribution in [3.63, 3.8) is 0 Å². The number of aromatic carboxylic acids is 2. The van der Waals surface area contributed by atoms with Gasteiger partial charge in [0.1, 0.15) is 11.1 Å². The zero-order chi connectivity index (χ0) is 15.2. The fourth-order valence-electron chi connectivity index (χ4n) is 1.58. The van der Waals surface area contributed by atoms with Crippen molar-refractivity contribution in [1.29, 1.82) is 0 Å². The molecule has 0 aliphatic carbocycles. The van der Waals surface area contributed by atoms with Gasteiger partial charge < -0.3 is 15.1 Å². The fraction of sp³-hybridized carbons (Fsp3) is 0. The molecule has 0 fully saturated rings.